The first-order valence-corrected chi connectivity index (χ1v) is 7.80. The Kier molecular flexibility index (Phi) is 4.99. The highest BCUT2D eigenvalue weighted by molar-refractivity contribution is 7.64. The quantitative estimate of drug-likeness (QED) is 0.403. The fraction of sp³-hybridized carbons (Fsp3) is 1.00. The lowest BCUT2D eigenvalue weighted by atomic mass is 9.84. The Morgan fingerprint density at radius 3 is 2.00 bits per heavy atom. The van der Waals surface area contributed by atoms with Crippen LogP contribution >= 0.6 is 45.0 Å². The minimum absolute atomic E-state index is 0.629. The molecule has 0 spiro atoms. The molecule has 1 nitrogen and oxygen atoms in total. The third-order valence-corrected chi connectivity index (χ3v) is 5.01. The topological polar surface area (TPSA) is 3.24 Å². The van der Waals surface area contributed by atoms with Gasteiger partial charge in [0, 0.05) is 0 Å². The summed E-state index contributed by atoms with van der Waals surface area (Å²) in [5.41, 5.74) is 0. The van der Waals surface area contributed by atoms with E-state index in [0.29, 0.717) is 6.44 Å². The molecule has 0 aliphatic heterocycles. The Labute approximate surface area is 75.8 Å². The monoisotopic (exact) mass is 223 g/mol. The highest BCUT2D eigenvalue weighted by Gasteiger charge is 2.32. The van der Waals surface area contributed by atoms with Crippen LogP contribution in [0.15, 0.2) is 0 Å². The predicted octanol–water partition coefficient (Wildman–Crippen LogP) is 2.04. The van der Waals surface area contributed by atoms with Crippen LogP contribution in [0.25, 0.3) is 0 Å². The molecule has 0 aromatic carbocycles. The third-order valence-electron chi connectivity index (χ3n) is 0.695. The summed E-state index contributed by atoms with van der Waals surface area (Å²) < 4.78 is 1.28. The molecule has 0 aliphatic carbocycles. The molecule has 0 N–H and O–H groups in total. The SMILES string of the molecule is CBCN(Cl)[Si](Cl)(Cl)Cl. The van der Waals surface area contributed by atoms with Crippen LogP contribution in [0.4, 0.5) is 0 Å². The minimum atomic E-state index is -2.77. The Balaban J connectivity index is 3.59. The van der Waals surface area contributed by atoms with Crippen LogP contribution in [0.5, 0.6) is 0 Å². The van der Waals surface area contributed by atoms with Gasteiger partial charge in [0.15, 0.2) is 0 Å². The molecule has 7 heteroatoms. The Bertz CT molecular complexity index is 85.1. The van der Waals surface area contributed by atoms with Crippen molar-refractivity contribution in [2.24, 2.45) is 0 Å². The average Bonchev–Trinajstić information content (AvgIpc) is 1.64. The zero-order valence-electron chi connectivity index (χ0n) is 4.87. The van der Waals surface area contributed by atoms with Gasteiger partial charge in [0.05, 0.1) is 0 Å². The second-order valence-corrected chi connectivity index (χ2v) is 10.4. The van der Waals surface area contributed by atoms with Gasteiger partial charge in [-0.2, -0.15) is 0 Å². The van der Waals surface area contributed by atoms with Crippen molar-refractivity contribution in [2.75, 3.05) is 6.44 Å². The van der Waals surface area contributed by atoms with E-state index < -0.39 is 6.16 Å². The molecule has 0 aromatic rings. The zero-order valence-corrected chi connectivity index (χ0v) is 8.90. The summed E-state index contributed by atoms with van der Waals surface area (Å²) >= 11 is 22.1. The van der Waals surface area contributed by atoms with Gasteiger partial charge < -0.3 is 0 Å². The van der Waals surface area contributed by atoms with Gasteiger partial charge in [0.2, 0.25) is 0 Å². The molecule has 9 heavy (non-hydrogen) atoms. The molecule has 0 aromatic heterocycles. The first kappa shape index (κ1) is 10.4. The first-order chi connectivity index (χ1) is 3.98. The third kappa shape index (κ3) is 4.76. The van der Waals surface area contributed by atoms with E-state index in [2.05, 4.69) is 0 Å². The van der Waals surface area contributed by atoms with Crippen LogP contribution in [0.1, 0.15) is 0 Å². The van der Waals surface area contributed by atoms with E-state index >= 15 is 0 Å². The van der Waals surface area contributed by atoms with Gasteiger partial charge >= 0.3 is 6.16 Å². The molecule has 0 radical (unpaired) electrons. The fourth-order valence-electron chi connectivity index (χ4n) is 0.323. The molecule has 0 unspecified atom stereocenters. The zero-order chi connectivity index (χ0) is 7.49. The summed E-state index contributed by atoms with van der Waals surface area (Å²) in [5.74, 6) is 0. The van der Waals surface area contributed by atoms with Crippen molar-refractivity contribution < 1.29 is 0 Å². The van der Waals surface area contributed by atoms with Crippen LogP contribution in [-0.2, 0) is 0 Å². The molecular weight excluding hydrogens is 219 g/mol. The lowest BCUT2D eigenvalue weighted by molar-refractivity contribution is 0.823. The van der Waals surface area contributed by atoms with Crippen molar-refractivity contribution in [2.45, 2.75) is 6.82 Å². The summed E-state index contributed by atoms with van der Waals surface area (Å²) in [4.78, 5) is 0. The molecule has 0 aliphatic rings. The predicted molar refractivity (Wildman–Crippen MR) is 48.9 cm³/mol. The summed E-state index contributed by atoms with van der Waals surface area (Å²) in [6, 6.07) is 0. The normalized spacial score (nSPS) is 12.2. The van der Waals surface area contributed by atoms with Gasteiger partial charge in [-0.15, -0.1) is 33.2 Å². The van der Waals surface area contributed by atoms with Crippen molar-refractivity contribution in [1.29, 1.82) is 0 Å². The van der Waals surface area contributed by atoms with Crippen molar-refractivity contribution in [3.63, 3.8) is 0 Å². The number of nitrogens with zero attached hydrogens (tertiary/aromatic N) is 1. The molecule has 54 valence electrons. The molecule has 0 fully saturated rings. The Hall–Kier alpha value is 1.40. The molecule has 0 rings (SSSR count). The molecular formula is C2H6BCl4NSi. The molecule has 0 bridgehead atoms. The Morgan fingerprint density at radius 2 is 1.89 bits per heavy atom. The van der Waals surface area contributed by atoms with Crippen LogP contribution in [0.2, 0.25) is 6.82 Å². The maximum Gasteiger partial charge on any atom is 0.438 e. The van der Waals surface area contributed by atoms with E-state index in [1.807, 2.05) is 6.82 Å². The summed E-state index contributed by atoms with van der Waals surface area (Å²) in [6.07, 6.45) is -2.14. The van der Waals surface area contributed by atoms with Gasteiger partial charge in [-0.25, -0.2) is 4.08 Å². The fourth-order valence-corrected chi connectivity index (χ4v) is 1.73. The van der Waals surface area contributed by atoms with Gasteiger partial charge in [-0.3, -0.25) is 0 Å². The highest BCUT2D eigenvalue weighted by atomic mass is 35.8. The average molecular weight is 225 g/mol. The van der Waals surface area contributed by atoms with E-state index in [-0.39, 0.29) is 0 Å². The number of rotatable bonds is 3. The van der Waals surface area contributed by atoms with E-state index in [0.717, 1.165) is 7.28 Å². The van der Waals surface area contributed by atoms with Crippen LogP contribution < -0.4 is 0 Å². The molecule has 0 atom stereocenters. The Morgan fingerprint density at radius 1 is 1.44 bits per heavy atom. The van der Waals surface area contributed by atoms with Crippen molar-refractivity contribution >= 4 is 58.5 Å². The van der Waals surface area contributed by atoms with Gasteiger partial charge in [-0.05, 0) is 18.2 Å². The molecule has 0 saturated heterocycles. The minimum Gasteiger partial charge on any atom is -0.209 e. The maximum atomic E-state index is 5.56. The smallest absolute Gasteiger partial charge is 0.209 e. The van der Waals surface area contributed by atoms with Crippen molar-refractivity contribution in [3.05, 3.63) is 0 Å². The first-order valence-electron chi connectivity index (χ1n) is 2.48. The molecule has 0 amide bonds. The highest BCUT2D eigenvalue weighted by Crippen LogP contribution is 2.25. The van der Waals surface area contributed by atoms with E-state index in [9.17, 15) is 0 Å². The van der Waals surface area contributed by atoms with Crippen LogP contribution in [0, 0.1) is 0 Å². The lowest BCUT2D eigenvalue weighted by Crippen LogP contribution is -2.34. The molecule has 0 saturated carbocycles. The number of hydrogen-bond donors (Lipinski definition) is 0. The van der Waals surface area contributed by atoms with E-state index in [1.54, 1.807) is 0 Å². The summed E-state index contributed by atoms with van der Waals surface area (Å²) in [6.45, 7) is 1.97. The molecule has 0 heterocycles. The summed E-state index contributed by atoms with van der Waals surface area (Å²) in [7, 11) is 0.893. The summed E-state index contributed by atoms with van der Waals surface area (Å²) in [5, 5.41) is 0. The van der Waals surface area contributed by atoms with Crippen molar-refractivity contribution in [3.8, 4) is 0 Å². The van der Waals surface area contributed by atoms with Crippen LogP contribution in [-0.4, -0.2) is 24.0 Å². The lowest BCUT2D eigenvalue weighted by Gasteiger charge is -2.17. The van der Waals surface area contributed by atoms with Crippen molar-refractivity contribution in [1.82, 2.24) is 4.08 Å². The number of halogens is 4. The van der Waals surface area contributed by atoms with E-state index in [1.165, 1.54) is 4.08 Å². The van der Waals surface area contributed by atoms with Crippen LogP contribution in [0.3, 0.4) is 0 Å². The standard InChI is InChI=1S/C2H6BCl4NSi/c1-3-2-8(4)9(5,6)7/h3H,2H2,1H3. The second kappa shape index (κ2) is 4.32. The largest absolute Gasteiger partial charge is 0.438 e. The van der Waals surface area contributed by atoms with Gasteiger partial charge in [0.25, 0.3) is 0 Å². The maximum absolute atomic E-state index is 5.56. The van der Waals surface area contributed by atoms with E-state index in [4.69, 9.17) is 45.0 Å². The van der Waals surface area contributed by atoms with Gasteiger partial charge in [-0.1, -0.05) is 6.82 Å². The second-order valence-electron chi connectivity index (χ2n) is 1.55. The van der Waals surface area contributed by atoms with Gasteiger partial charge in [0.1, 0.15) is 7.28 Å². The number of hydrogen-bond acceptors (Lipinski definition) is 1.